The van der Waals surface area contributed by atoms with Gasteiger partial charge in [0.25, 0.3) is 0 Å². The zero-order chi connectivity index (χ0) is 21.2. The lowest BCUT2D eigenvalue weighted by Crippen LogP contribution is -2.51. The van der Waals surface area contributed by atoms with Crippen LogP contribution in [-0.2, 0) is 16.1 Å². The van der Waals surface area contributed by atoms with Crippen molar-refractivity contribution in [1.82, 2.24) is 15.2 Å². The molecule has 156 valence electrons. The van der Waals surface area contributed by atoms with Crippen molar-refractivity contribution in [3.05, 3.63) is 41.0 Å². The number of thiazole rings is 1. The molecule has 6 nitrogen and oxygen atoms in total. The molecule has 7 heteroatoms. The van der Waals surface area contributed by atoms with E-state index in [9.17, 15) is 14.7 Å². The van der Waals surface area contributed by atoms with Gasteiger partial charge in [0, 0.05) is 24.9 Å². The van der Waals surface area contributed by atoms with E-state index in [4.69, 9.17) is 0 Å². The van der Waals surface area contributed by atoms with Crippen molar-refractivity contribution >= 4 is 23.2 Å². The van der Waals surface area contributed by atoms with E-state index in [0.29, 0.717) is 19.4 Å². The molecule has 2 amide bonds. The Hall–Kier alpha value is -2.25. The lowest BCUT2D eigenvalue weighted by molar-refractivity contribution is -0.140. The Kier molecular flexibility index (Phi) is 6.39. The van der Waals surface area contributed by atoms with Gasteiger partial charge in [-0.15, -0.1) is 11.3 Å². The maximum absolute atomic E-state index is 13.0. The van der Waals surface area contributed by atoms with Gasteiger partial charge in [0.05, 0.1) is 22.2 Å². The number of nitrogens with one attached hydrogen (secondary N) is 1. The van der Waals surface area contributed by atoms with Crippen molar-refractivity contribution in [2.45, 2.75) is 59.2 Å². The van der Waals surface area contributed by atoms with Gasteiger partial charge < -0.3 is 15.3 Å². The van der Waals surface area contributed by atoms with Crippen molar-refractivity contribution in [2.24, 2.45) is 5.41 Å². The molecule has 0 aliphatic carbocycles. The predicted octanol–water partition coefficient (Wildman–Crippen LogP) is 3.13. The van der Waals surface area contributed by atoms with E-state index < -0.39 is 17.6 Å². The molecule has 2 atom stereocenters. The highest BCUT2D eigenvalue weighted by atomic mass is 32.1. The summed E-state index contributed by atoms with van der Waals surface area (Å²) in [5.74, 6) is -0.306. The highest BCUT2D eigenvalue weighted by Crippen LogP contribution is 2.37. The molecule has 1 aromatic carbocycles. The number of aliphatic hydroxyl groups excluding tert-OH is 1. The van der Waals surface area contributed by atoms with Gasteiger partial charge >= 0.3 is 0 Å². The summed E-state index contributed by atoms with van der Waals surface area (Å²) in [6.45, 7) is 8.18. The van der Waals surface area contributed by atoms with Crippen LogP contribution in [0.4, 0.5) is 0 Å². The van der Waals surface area contributed by atoms with Crippen LogP contribution < -0.4 is 5.32 Å². The average molecular weight is 416 g/mol. The van der Waals surface area contributed by atoms with Crippen molar-refractivity contribution in [2.75, 3.05) is 6.54 Å². The van der Waals surface area contributed by atoms with Crippen LogP contribution in [0.5, 0.6) is 0 Å². The van der Waals surface area contributed by atoms with Crippen molar-refractivity contribution in [3.63, 3.8) is 0 Å². The fraction of sp³-hybridized carbons (Fsp3) is 0.500. The molecule has 29 heavy (non-hydrogen) atoms. The molecule has 1 fully saturated rings. The predicted molar refractivity (Wildman–Crippen MR) is 114 cm³/mol. The van der Waals surface area contributed by atoms with E-state index in [2.05, 4.69) is 10.3 Å². The Bertz CT molecular complexity index is 876. The summed E-state index contributed by atoms with van der Waals surface area (Å²) in [7, 11) is 0. The molecule has 2 N–H and O–H groups in total. The highest BCUT2D eigenvalue weighted by molar-refractivity contribution is 7.13. The first-order chi connectivity index (χ1) is 13.8. The third-order valence-corrected chi connectivity index (χ3v) is 6.68. The summed E-state index contributed by atoms with van der Waals surface area (Å²) in [5, 5.41) is 13.4. The van der Waals surface area contributed by atoms with E-state index in [1.54, 1.807) is 16.2 Å². The standard InChI is InChI=1S/C22H29N3O3S/c1-5-6-18(27)25-12-17(26)22(3,4)20(25)21(28)23-11-15-7-9-16(10-8-15)19-14(2)24-13-29-19/h7-10,13,17,20,26H,5-6,11-12H2,1-4H3,(H,23,28). The molecular weight excluding hydrogens is 386 g/mol. The largest absolute Gasteiger partial charge is 0.391 e. The fourth-order valence-electron chi connectivity index (χ4n) is 3.83. The Morgan fingerprint density at radius 3 is 2.59 bits per heavy atom. The summed E-state index contributed by atoms with van der Waals surface area (Å²) in [6.07, 6.45) is 0.373. The monoisotopic (exact) mass is 415 g/mol. The Labute approximate surface area is 176 Å². The second-order valence-corrected chi connectivity index (χ2v) is 9.07. The van der Waals surface area contributed by atoms with Crippen LogP contribution in [0.3, 0.4) is 0 Å². The number of amides is 2. The zero-order valence-corrected chi connectivity index (χ0v) is 18.3. The number of β-amino-alcohol motifs (C(OH)–C–C–N with tert-alkyl or cyclic N) is 1. The smallest absolute Gasteiger partial charge is 0.243 e. The SMILES string of the molecule is CCCC(=O)N1CC(O)C(C)(C)C1C(=O)NCc1ccc(-c2scnc2C)cc1. The third-order valence-electron chi connectivity index (χ3n) is 5.71. The maximum Gasteiger partial charge on any atom is 0.243 e. The number of aryl methyl sites for hydroxylation is 1. The van der Waals surface area contributed by atoms with Gasteiger partial charge in [-0.1, -0.05) is 45.0 Å². The van der Waals surface area contributed by atoms with Gasteiger partial charge in [0.2, 0.25) is 11.8 Å². The minimum absolute atomic E-state index is 0.0819. The van der Waals surface area contributed by atoms with Crippen molar-refractivity contribution in [1.29, 1.82) is 0 Å². The Balaban J connectivity index is 1.68. The first kappa shape index (κ1) is 21.5. The first-order valence-electron chi connectivity index (χ1n) is 10.00. The fourth-order valence-corrected chi connectivity index (χ4v) is 4.64. The molecule has 1 aromatic heterocycles. The normalized spacial score (nSPS) is 20.7. The number of carbonyl (C=O) groups excluding carboxylic acids is 2. The molecule has 2 aromatic rings. The number of nitrogens with zero attached hydrogens (tertiary/aromatic N) is 2. The number of benzene rings is 1. The minimum Gasteiger partial charge on any atom is -0.391 e. The molecule has 3 rings (SSSR count). The van der Waals surface area contributed by atoms with Crippen LogP contribution in [0.25, 0.3) is 10.4 Å². The third kappa shape index (κ3) is 4.36. The Morgan fingerprint density at radius 1 is 1.31 bits per heavy atom. The second kappa shape index (κ2) is 8.63. The summed E-state index contributed by atoms with van der Waals surface area (Å²) < 4.78 is 0. The summed E-state index contributed by atoms with van der Waals surface area (Å²) in [6, 6.07) is 7.37. The van der Waals surface area contributed by atoms with Crippen molar-refractivity contribution < 1.29 is 14.7 Å². The Morgan fingerprint density at radius 2 is 2.00 bits per heavy atom. The number of aromatic nitrogens is 1. The number of aliphatic hydroxyl groups is 1. The lowest BCUT2D eigenvalue weighted by atomic mass is 9.82. The van der Waals surface area contributed by atoms with Gasteiger partial charge in [-0.2, -0.15) is 0 Å². The van der Waals surface area contributed by atoms with Crippen LogP contribution in [0, 0.1) is 12.3 Å². The van der Waals surface area contributed by atoms with E-state index >= 15 is 0 Å². The van der Waals surface area contributed by atoms with E-state index in [-0.39, 0.29) is 18.4 Å². The molecule has 2 unspecified atom stereocenters. The molecule has 1 aliphatic heterocycles. The van der Waals surface area contributed by atoms with Crippen LogP contribution >= 0.6 is 11.3 Å². The first-order valence-corrected chi connectivity index (χ1v) is 10.9. The quantitative estimate of drug-likeness (QED) is 0.759. The lowest BCUT2D eigenvalue weighted by Gasteiger charge is -2.32. The molecule has 1 saturated heterocycles. The van der Waals surface area contributed by atoms with Gasteiger partial charge in [0.15, 0.2) is 0 Å². The van der Waals surface area contributed by atoms with Gasteiger partial charge in [-0.25, -0.2) is 4.98 Å². The molecule has 1 aliphatic rings. The summed E-state index contributed by atoms with van der Waals surface area (Å²) in [5.41, 5.74) is 4.24. The van der Waals surface area contributed by atoms with E-state index in [0.717, 1.165) is 21.7 Å². The number of likely N-dealkylation sites (tertiary alicyclic amines) is 1. The van der Waals surface area contributed by atoms with Gasteiger partial charge in [0.1, 0.15) is 6.04 Å². The number of hydrogen-bond acceptors (Lipinski definition) is 5. The average Bonchev–Trinajstić information content (AvgIpc) is 3.21. The van der Waals surface area contributed by atoms with Crippen LogP contribution in [-0.4, -0.2) is 45.5 Å². The molecular formula is C22H29N3O3S. The summed E-state index contributed by atoms with van der Waals surface area (Å²) in [4.78, 5) is 32.4. The zero-order valence-electron chi connectivity index (χ0n) is 17.4. The van der Waals surface area contributed by atoms with Crippen LogP contribution in [0.1, 0.15) is 44.9 Å². The highest BCUT2D eigenvalue weighted by Gasteiger charge is 2.52. The second-order valence-electron chi connectivity index (χ2n) is 8.22. The van der Waals surface area contributed by atoms with Gasteiger partial charge in [-0.05, 0) is 24.5 Å². The van der Waals surface area contributed by atoms with Crippen LogP contribution in [0.15, 0.2) is 29.8 Å². The minimum atomic E-state index is -0.721. The number of carbonyl (C=O) groups is 2. The van der Waals surface area contributed by atoms with Gasteiger partial charge in [-0.3, -0.25) is 9.59 Å². The molecule has 2 heterocycles. The number of hydrogen-bond donors (Lipinski definition) is 2. The maximum atomic E-state index is 13.0. The van der Waals surface area contributed by atoms with E-state index in [1.165, 1.54) is 0 Å². The van der Waals surface area contributed by atoms with E-state index in [1.807, 2.05) is 57.5 Å². The number of rotatable bonds is 6. The molecule has 0 bridgehead atoms. The molecule has 0 saturated carbocycles. The van der Waals surface area contributed by atoms with Crippen LogP contribution in [0.2, 0.25) is 0 Å². The van der Waals surface area contributed by atoms with Crippen molar-refractivity contribution in [3.8, 4) is 10.4 Å². The molecule has 0 radical (unpaired) electrons. The summed E-state index contributed by atoms with van der Waals surface area (Å²) >= 11 is 1.61. The molecule has 0 spiro atoms. The topological polar surface area (TPSA) is 82.5 Å².